The highest BCUT2D eigenvalue weighted by atomic mass is 16.6. The number of rotatable bonds is 3. The molecule has 1 fully saturated rings. The Morgan fingerprint density at radius 2 is 1.96 bits per heavy atom. The van der Waals surface area contributed by atoms with E-state index in [0.717, 1.165) is 24.0 Å². The van der Waals surface area contributed by atoms with E-state index in [1.165, 1.54) is 12.5 Å². The first-order valence-corrected chi connectivity index (χ1v) is 10.1. The van der Waals surface area contributed by atoms with Gasteiger partial charge in [-0.1, -0.05) is 51.5 Å². The summed E-state index contributed by atoms with van der Waals surface area (Å²) in [6.07, 6.45) is 6.21. The summed E-state index contributed by atoms with van der Waals surface area (Å²) in [5, 5.41) is 0. The smallest absolute Gasteiger partial charge is 0.414 e. The van der Waals surface area contributed by atoms with Gasteiger partial charge in [0.2, 0.25) is 0 Å². The monoisotopic (exact) mass is 369 g/mol. The van der Waals surface area contributed by atoms with Gasteiger partial charge in [0.15, 0.2) is 5.78 Å². The van der Waals surface area contributed by atoms with Crippen molar-refractivity contribution >= 4 is 11.9 Å². The fraction of sp³-hybridized carbons (Fsp3) is 0.565. The third-order valence-electron chi connectivity index (χ3n) is 6.12. The average molecular weight is 370 g/mol. The fourth-order valence-electron chi connectivity index (χ4n) is 4.47. The maximum Gasteiger partial charge on any atom is 0.414 e. The number of allylic oxidation sites excluding steroid dienone is 1. The Morgan fingerprint density at radius 3 is 2.67 bits per heavy atom. The second-order valence-electron chi connectivity index (χ2n) is 8.51. The Bertz CT molecular complexity index is 724. The predicted octanol–water partition coefficient (Wildman–Crippen LogP) is 5.42. The predicted molar refractivity (Wildman–Crippen MR) is 106 cm³/mol. The van der Waals surface area contributed by atoms with Gasteiger partial charge in [0, 0.05) is 12.6 Å². The molecular formula is C23H31NO3. The summed E-state index contributed by atoms with van der Waals surface area (Å²) in [4.78, 5) is 26.7. The van der Waals surface area contributed by atoms with Gasteiger partial charge in [-0.15, -0.1) is 0 Å². The number of nitrogens with zero attached hydrogens (tertiary/aromatic N) is 1. The molecule has 1 amide bonds. The van der Waals surface area contributed by atoms with Crippen molar-refractivity contribution in [2.24, 2.45) is 17.8 Å². The van der Waals surface area contributed by atoms with Crippen LogP contribution in [-0.4, -0.2) is 22.9 Å². The lowest BCUT2D eigenvalue weighted by Crippen LogP contribution is -2.41. The molecular weight excluding hydrogens is 338 g/mol. The van der Waals surface area contributed by atoms with Crippen molar-refractivity contribution in [1.82, 2.24) is 4.90 Å². The van der Waals surface area contributed by atoms with Gasteiger partial charge in [-0.05, 0) is 54.7 Å². The summed E-state index contributed by atoms with van der Waals surface area (Å²) in [6, 6.07) is 7.63. The van der Waals surface area contributed by atoms with Gasteiger partial charge in [0.05, 0.1) is 6.04 Å². The lowest BCUT2D eigenvalue weighted by atomic mass is 9.75. The average Bonchev–Trinajstić information content (AvgIpc) is 2.61. The standard InChI is InChI=1S/C23H31NO3/c1-15(2)19-10-9-16(3)13-22(19)27-23(26)24-12-11-18(25)14-21(24)20-8-6-5-7-17(20)4/h5-8,11-12,15-16,19,21-22H,9-10,13-14H2,1-4H3/t16-,19+,21-,22-/m1/s1. The van der Waals surface area contributed by atoms with Crippen LogP contribution in [0.5, 0.6) is 0 Å². The molecule has 2 aliphatic rings. The van der Waals surface area contributed by atoms with Crippen LogP contribution in [-0.2, 0) is 9.53 Å². The zero-order chi connectivity index (χ0) is 19.6. The Kier molecular flexibility index (Phi) is 6.03. The van der Waals surface area contributed by atoms with Gasteiger partial charge in [0.25, 0.3) is 0 Å². The third-order valence-corrected chi connectivity index (χ3v) is 6.12. The van der Waals surface area contributed by atoms with E-state index in [9.17, 15) is 9.59 Å². The lowest BCUT2D eigenvalue weighted by molar-refractivity contribution is -0.116. The van der Waals surface area contributed by atoms with Crippen LogP contribution in [0.2, 0.25) is 0 Å². The number of carbonyl (C=O) groups is 2. The van der Waals surface area contributed by atoms with Crippen molar-refractivity contribution in [2.75, 3.05) is 0 Å². The van der Waals surface area contributed by atoms with Crippen molar-refractivity contribution in [3.8, 4) is 0 Å². The first-order valence-electron chi connectivity index (χ1n) is 10.1. The number of hydrogen-bond donors (Lipinski definition) is 0. The summed E-state index contributed by atoms with van der Waals surface area (Å²) in [7, 11) is 0. The summed E-state index contributed by atoms with van der Waals surface area (Å²) >= 11 is 0. The van der Waals surface area contributed by atoms with Gasteiger partial charge in [-0.3, -0.25) is 9.69 Å². The SMILES string of the molecule is Cc1ccccc1[C@H]1CC(=O)C=CN1C(=O)O[C@@H]1C[C@H](C)CC[C@H]1C(C)C. The Labute approximate surface area is 162 Å². The minimum absolute atomic E-state index is 0.0404. The van der Waals surface area contributed by atoms with Crippen molar-refractivity contribution in [3.63, 3.8) is 0 Å². The summed E-state index contributed by atoms with van der Waals surface area (Å²) < 4.78 is 6.03. The minimum atomic E-state index is -0.336. The summed E-state index contributed by atoms with van der Waals surface area (Å²) in [6.45, 7) is 8.65. The maximum atomic E-state index is 13.1. The van der Waals surface area contributed by atoms with E-state index in [4.69, 9.17) is 4.74 Å². The quantitative estimate of drug-likeness (QED) is 0.714. The van der Waals surface area contributed by atoms with Crippen LogP contribution in [0.15, 0.2) is 36.5 Å². The zero-order valence-electron chi connectivity index (χ0n) is 16.9. The molecule has 0 bridgehead atoms. The molecule has 0 unspecified atom stereocenters. The van der Waals surface area contributed by atoms with Gasteiger partial charge in [0.1, 0.15) is 6.10 Å². The van der Waals surface area contributed by atoms with Crippen LogP contribution in [0.4, 0.5) is 4.79 Å². The molecule has 1 heterocycles. The van der Waals surface area contributed by atoms with Gasteiger partial charge in [-0.25, -0.2) is 4.79 Å². The molecule has 0 saturated heterocycles. The lowest BCUT2D eigenvalue weighted by Gasteiger charge is -2.39. The Balaban J connectivity index is 1.81. The molecule has 1 aromatic carbocycles. The molecule has 0 radical (unpaired) electrons. The number of ether oxygens (including phenoxy) is 1. The largest absolute Gasteiger partial charge is 0.446 e. The molecule has 1 aliphatic heterocycles. The summed E-state index contributed by atoms with van der Waals surface area (Å²) in [5.74, 6) is 1.50. The second kappa shape index (κ2) is 8.28. The van der Waals surface area contributed by atoms with Crippen molar-refractivity contribution < 1.29 is 14.3 Å². The topological polar surface area (TPSA) is 46.6 Å². The van der Waals surface area contributed by atoms with Crippen LogP contribution in [0.25, 0.3) is 0 Å². The molecule has 3 rings (SSSR count). The number of ketones is 1. The number of hydrogen-bond acceptors (Lipinski definition) is 3. The van der Waals surface area contributed by atoms with Crippen LogP contribution < -0.4 is 0 Å². The number of aryl methyl sites for hydroxylation is 1. The summed E-state index contributed by atoms with van der Waals surface area (Å²) in [5.41, 5.74) is 2.08. The van der Waals surface area contributed by atoms with E-state index in [0.29, 0.717) is 24.2 Å². The van der Waals surface area contributed by atoms with E-state index in [2.05, 4.69) is 20.8 Å². The van der Waals surface area contributed by atoms with Gasteiger partial charge in [-0.2, -0.15) is 0 Å². The van der Waals surface area contributed by atoms with Gasteiger partial charge < -0.3 is 4.74 Å². The van der Waals surface area contributed by atoms with Crippen LogP contribution in [0.3, 0.4) is 0 Å². The van der Waals surface area contributed by atoms with E-state index in [1.807, 2.05) is 31.2 Å². The first kappa shape index (κ1) is 19.7. The normalized spacial score (nSPS) is 28.5. The Hall–Kier alpha value is -2.10. The highest BCUT2D eigenvalue weighted by molar-refractivity contribution is 5.92. The molecule has 0 aromatic heterocycles. The molecule has 4 atom stereocenters. The minimum Gasteiger partial charge on any atom is -0.446 e. The molecule has 146 valence electrons. The fourth-order valence-corrected chi connectivity index (χ4v) is 4.47. The molecule has 1 aromatic rings. The Morgan fingerprint density at radius 1 is 1.22 bits per heavy atom. The highest BCUT2D eigenvalue weighted by Crippen LogP contribution is 2.37. The number of benzene rings is 1. The van der Waals surface area contributed by atoms with E-state index >= 15 is 0 Å². The van der Waals surface area contributed by atoms with E-state index in [1.54, 1.807) is 11.1 Å². The van der Waals surface area contributed by atoms with Crippen LogP contribution in [0, 0.1) is 24.7 Å². The van der Waals surface area contributed by atoms with Crippen LogP contribution >= 0.6 is 0 Å². The van der Waals surface area contributed by atoms with Crippen molar-refractivity contribution in [1.29, 1.82) is 0 Å². The third kappa shape index (κ3) is 4.42. The van der Waals surface area contributed by atoms with Crippen molar-refractivity contribution in [3.05, 3.63) is 47.7 Å². The highest BCUT2D eigenvalue weighted by Gasteiger charge is 2.37. The molecule has 1 aliphatic carbocycles. The molecule has 4 nitrogen and oxygen atoms in total. The first-order chi connectivity index (χ1) is 12.9. The number of amides is 1. The maximum absolute atomic E-state index is 13.1. The van der Waals surface area contributed by atoms with Crippen molar-refractivity contribution in [2.45, 2.75) is 65.5 Å². The molecule has 0 spiro atoms. The molecule has 0 N–H and O–H groups in total. The number of carbonyl (C=O) groups excluding carboxylic acids is 2. The van der Waals surface area contributed by atoms with Crippen LogP contribution in [0.1, 0.15) is 63.6 Å². The molecule has 4 heteroatoms. The van der Waals surface area contributed by atoms with Gasteiger partial charge >= 0.3 is 6.09 Å². The molecule has 27 heavy (non-hydrogen) atoms. The molecule has 1 saturated carbocycles. The zero-order valence-corrected chi connectivity index (χ0v) is 16.9. The van der Waals surface area contributed by atoms with E-state index < -0.39 is 0 Å². The van der Waals surface area contributed by atoms with E-state index in [-0.39, 0.29) is 24.0 Å². The second-order valence-corrected chi connectivity index (χ2v) is 8.51.